The summed E-state index contributed by atoms with van der Waals surface area (Å²) in [6.45, 7) is 0. The van der Waals surface area contributed by atoms with Gasteiger partial charge in [0.05, 0.1) is 0 Å². The molecular weight excluding hydrogens is 132 g/mol. The average molecular weight is 141 g/mol. The zero-order valence-electron chi connectivity index (χ0n) is 3.91. The molecule has 0 aromatic heterocycles. The molecule has 0 unspecified atom stereocenters. The van der Waals surface area contributed by atoms with Gasteiger partial charge in [-0.15, -0.1) is 11.6 Å². The molecule has 0 aliphatic heterocycles. The zero-order valence-corrected chi connectivity index (χ0v) is 8.08. The third-order valence-electron chi connectivity index (χ3n) is 0.482. The maximum Gasteiger partial charge on any atom is 0.146 e. The fraction of sp³-hybridized carbons (Fsp3) is 1.00. The van der Waals surface area contributed by atoms with Crippen molar-refractivity contribution in [2.75, 3.05) is 5.88 Å². The van der Waals surface area contributed by atoms with Crippen molar-refractivity contribution in [1.82, 2.24) is 0 Å². The Kier molecular flexibility index (Phi) is 6.33. The lowest BCUT2D eigenvalue weighted by molar-refractivity contribution is 0.663. The van der Waals surface area contributed by atoms with Crippen LogP contribution < -0.4 is 0 Å². The molecule has 0 atom stereocenters. The van der Waals surface area contributed by atoms with Gasteiger partial charge in [-0.05, 0) is 6.04 Å². The first-order valence-electron chi connectivity index (χ1n) is 1.96. The summed E-state index contributed by atoms with van der Waals surface area (Å²) >= 11 is 5.35. The minimum atomic E-state index is -0.149. The van der Waals surface area contributed by atoms with Gasteiger partial charge in [-0.1, -0.05) is 0 Å². The van der Waals surface area contributed by atoms with Crippen molar-refractivity contribution >= 4 is 31.9 Å². The first-order chi connectivity index (χ1) is 2.91. The van der Waals surface area contributed by atoms with Crippen LogP contribution in [-0.2, 0) is 4.12 Å². The lowest BCUT2D eigenvalue weighted by Crippen LogP contribution is -1.92. The van der Waals surface area contributed by atoms with Crippen molar-refractivity contribution < 1.29 is 4.12 Å². The van der Waals surface area contributed by atoms with Gasteiger partial charge in [0, 0.05) is 5.88 Å². The molecule has 0 aliphatic carbocycles. The van der Waals surface area contributed by atoms with Crippen molar-refractivity contribution in [3.63, 3.8) is 0 Å². The first kappa shape index (κ1) is 6.68. The molecule has 6 heavy (non-hydrogen) atoms. The van der Waals surface area contributed by atoms with Crippen molar-refractivity contribution in [3.05, 3.63) is 0 Å². The molecule has 1 nitrogen and oxygen atoms in total. The molecule has 0 saturated heterocycles. The highest BCUT2D eigenvalue weighted by Crippen LogP contribution is 1.80. The van der Waals surface area contributed by atoms with Crippen LogP contribution in [0.5, 0.6) is 0 Å². The highest BCUT2D eigenvalue weighted by molar-refractivity contribution is 6.36. The summed E-state index contributed by atoms with van der Waals surface area (Å²) in [6.07, 6.45) is 0. The zero-order chi connectivity index (χ0) is 4.83. The second-order valence-electron chi connectivity index (χ2n) is 1.04. The topological polar surface area (TPSA) is 9.23 Å². The van der Waals surface area contributed by atoms with Gasteiger partial charge in [-0.2, -0.15) is 0 Å². The van der Waals surface area contributed by atoms with Crippen LogP contribution in [0.2, 0.25) is 6.04 Å². The Balaban J connectivity index is 2.34. The van der Waals surface area contributed by atoms with E-state index in [1.54, 1.807) is 0 Å². The highest BCUT2D eigenvalue weighted by atomic mass is 35.5. The largest absolute Gasteiger partial charge is 0.468 e. The van der Waals surface area contributed by atoms with Crippen LogP contribution in [0.4, 0.5) is 0 Å². The minimum absolute atomic E-state index is 0.149. The fourth-order valence-electron chi connectivity index (χ4n) is 0.199. The molecule has 0 radical (unpaired) electrons. The molecule has 4 heteroatoms. The molecule has 0 N–H and O–H groups in total. The molecule has 0 aliphatic rings. The molecule has 0 amide bonds. The van der Waals surface area contributed by atoms with Crippen LogP contribution in [0.3, 0.4) is 0 Å². The van der Waals surface area contributed by atoms with E-state index < -0.39 is 0 Å². The van der Waals surface area contributed by atoms with Crippen molar-refractivity contribution in [2.24, 2.45) is 0 Å². The van der Waals surface area contributed by atoms with Crippen LogP contribution >= 0.6 is 11.6 Å². The van der Waals surface area contributed by atoms with Crippen LogP contribution in [-0.4, -0.2) is 26.1 Å². The van der Waals surface area contributed by atoms with Gasteiger partial charge in [-0.25, -0.2) is 0 Å². The standard InChI is InChI=1S/C2H9ClOSi2/c3-1-2-6-4-5/h1-2,6H2,5H3. The summed E-state index contributed by atoms with van der Waals surface area (Å²) in [7, 11) is 0.758. The van der Waals surface area contributed by atoms with E-state index in [2.05, 4.69) is 0 Å². The van der Waals surface area contributed by atoms with E-state index in [-0.39, 0.29) is 9.76 Å². The Hall–Kier alpha value is 0.684. The summed E-state index contributed by atoms with van der Waals surface area (Å²) in [5.74, 6) is 0.786. The number of halogens is 1. The van der Waals surface area contributed by atoms with Crippen molar-refractivity contribution in [1.29, 1.82) is 0 Å². The predicted molar refractivity (Wildman–Crippen MR) is 35.1 cm³/mol. The van der Waals surface area contributed by atoms with E-state index in [0.29, 0.717) is 0 Å². The Morgan fingerprint density at radius 1 is 1.83 bits per heavy atom. The van der Waals surface area contributed by atoms with Crippen molar-refractivity contribution in [3.8, 4) is 0 Å². The average Bonchev–Trinajstić information content (AvgIpc) is 1.61. The molecule has 0 rings (SSSR count). The number of rotatable bonds is 3. The SMILES string of the molecule is [SiH3]O[SiH2]CCCl. The molecule has 0 bridgehead atoms. The Bertz CT molecular complexity index is 23.5. The summed E-state index contributed by atoms with van der Waals surface area (Å²) in [4.78, 5) is 0. The lowest BCUT2D eigenvalue weighted by atomic mass is 11.0. The summed E-state index contributed by atoms with van der Waals surface area (Å²) < 4.78 is 4.98. The maximum atomic E-state index is 5.35. The number of hydrogen-bond acceptors (Lipinski definition) is 1. The quantitative estimate of drug-likeness (QED) is 0.279. The van der Waals surface area contributed by atoms with E-state index in [4.69, 9.17) is 15.7 Å². The van der Waals surface area contributed by atoms with Gasteiger partial charge in [0.15, 0.2) is 0 Å². The molecule has 0 fully saturated rings. The van der Waals surface area contributed by atoms with Crippen LogP contribution in [0.15, 0.2) is 0 Å². The lowest BCUT2D eigenvalue weighted by Gasteiger charge is -1.87. The van der Waals surface area contributed by atoms with Gasteiger partial charge in [0.1, 0.15) is 20.2 Å². The molecule has 0 heterocycles. The van der Waals surface area contributed by atoms with Gasteiger partial charge < -0.3 is 4.12 Å². The van der Waals surface area contributed by atoms with E-state index in [9.17, 15) is 0 Å². The van der Waals surface area contributed by atoms with Gasteiger partial charge >= 0.3 is 0 Å². The molecule has 0 aromatic carbocycles. The first-order valence-corrected chi connectivity index (χ1v) is 4.89. The minimum Gasteiger partial charge on any atom is -0.468 e. The third-order valence-corrected chi connectivity index (χ3v) is 3.47. The smallest absolute Gasteiger partial charge is 0.146 e. The maximum absolute atomic E-state index is 5.35. The summed E-state index contributed by atoms with van der Waals surface area (Å²) in [5.41, 5.74) is 0. The summed E-state index contributed by atoms with van der Waals surface area (Å²) in [6, 6.07) is 1.13. The molecule has 0 spiro atoms. The van der Waals surface area contributed by atoms with Gasteiger partial charge in [0.25, 0.3) is 0 Å². The Morgan fingerprint density at radius 2 is 2.50 bits per heavy atom. The van der Waals surface area contributed by atoms with Gasteiger partial charge in [-0.3, -0.25) is 0 Å². The second-order valence-corrected chi connectivity index (χ2v) is 4.84. The van der Waals surface area contributed by atoms with Crippen LogP contribution in [0, 0.1) is 0 Å². The van der Waals surface area contributed by atoms with Crippen LogP contribution in [0.1, 0.15) is 0 Å². The number of hydrogen-bond donors (Lipinski definition) is 0. The monoisotopic (exact) mass is 140 g/mol. The van der Waals surface area contributed by atoms with E-state index in [0.717, 1.165) is 22.4 Å². The van der Waals surface area contributed by atoms with Gasteiger partial charge in [0.2, 0.25) is 0 Å². The highest BCUT2D eigenvalue weighted by Gasteiger charge is 1.78. The molecular formula is C2H9ClOSi2. The Morgan fingerprint density at radius 3 is 2.67 bits per heavy atom. The predicted octanol–water partition coefficient (Wildman–Crippen LogP) is -0.976. The van der Waals surface area contributed by atoms with Crippen molar-refractivity contribution in [2.45, 2.75) is 6.04 Å². The molecule has 0 saturated carbocycles. The fourth-order valence-corrected chi connectivity index (χ4v) is 1.79. The molecule has 0 aromatic rings. The van der Waals surface area contributed by atoms with Crippen LogP contribution in [0.25, 0.3) is 0 Å². The van der Waals surface area contributed by atoms with E-state index in [1.165, 1.54) is 0 Å². The second kappa shape index (κ2) is 5.68. The summed E-state index contributed by atoms with van der Waals surface area (Å²) in [5, 5.41) is 0. The number of alkyl halides is 1. The van der Waals surface area contributed by atoms with E-state index in [1.807, 2.05) is 0 Å². The third kappa shape index (κ3) is 4.68. The molecule has 38 valence electrons. The normalized spacial score (nSPS) is 11.5. The van der Waals surface area contributed by atoms with E-state index >= 15 is 0 Å². The Labute approximate surface area is 48.5 Å².